The number of aryl methyl sites for hydroxylation is 2. The van der Waals surface area contributed by atoms with Gasteiger partial charge in [0.05, 0.1) is 17.9 Å². The molecule has 3 heterocycles. The molecule has 0 radical (unpaired) electrons. The Morgan fingerprint density at radius 3 is 2.69 bits per heavy atom. The molecule has 6 rings (SSSR count). The second-order valence-electron chi connectivity index (χ2n) is 12.7. The molecule has 2 unspecified atom stereocenters. The molecule has 2 aromatic carbocycles. The summed E-state index contributed by atoms with van der Waals surface area (Å²) in [6.45, 7) is 10.7. The number of nitrogens with one attached hydrogen (secondary N) is 2. The third-order valence-corrected chi connectivity index (χ3v) is 9.28. The second-order valence-corrected chi connectivity index (χ2v) is 12.7. The first-order valence-electron chi connectivity index (χ1n) is 16.4. The Hall–Kier alpha value is -3.25. The van der Waals surface area contributed by atoms with Crippen LogP contribution in [0.1, 0.15) is 76.0 Å². The van der Waals surface area contributed by atoms with Gasteiger partial charge in [0.1, 0.15) is 5.75 Å². The van der Waals surface area contributed by atoms with Crippen molar-refractivity contribution in [2.75, 3.05) is 31.6 Å². The van der Waals surface area contributed by atoms with E-state index in [-0.39, 0.29) is 0 Å². The summed E-state index contributed by atoms with van der Waals surface area (Å²) in [6.07, 6.45) is 14.0. The highest BCUT2D eigenvalue weighted by atomic mass is 16.5. The average molecular weight is 568 g/mol. The van der Waals surface area contributed by atoms with Crippen molar-refractivity contribution in [3.8, 4) is 5.75 Å². The number of piperazine rings is 1. The molecule has 2 bridgehead atoms. The van der Waals surface area contributed by atoms with Gasteiger partial charge in [0.25, 0.3) is 0 Å². The van der Waals surface area contributed by atoms with Crippen molar-refractivity contribution >= 4 is 22.3 Å². The van der Waals surface area contributed by atoms with Crippen LogP contribution in [0.3, 0.4) is 0 Å². The Labute approximate surface area is 252 Å². The van der Waals surface area contributed by atoms with Gasteiger partial charge in [-0.1, -0.05) is 50.8 Å². The van der Waals surface area contributed by atoms with Gasteiger partial charge in [0.15, 0.2) is 0 Å². The number of unbranched alkanes of at least 4 members (excludes halogenated alkanes) is 1. The lowest BCUT2D eigenvalue weighted by Gasteiger charge is -2.39. The summed E-state index contributed by atoms with van der Waals surface area (Å²) in [5.74, 6) is 2.36. The van der Waals surface area contributed by atoms with Crippen molar-refractivity contribution in [2.24, 2.45) is 0 Å². The Morgan fingerprint density at radius 1 is 1.02 bits per heavy atom. The number of nitrogens with zero attached hydrogens (tertiary/aromatic N) is 3. The smallest absolute Gasteiger partial charge is 0.121 e. The van der Waals surface area contributed by atoms with E-state index in [9.17, 15) is 0 Å². The van der Waals surface area contributed by atoms with E-state index < -0.39 is 0 Å². The van der Waals surface area contributed by atoms with E-state index in [4.69, 9.17) is 4.74 Å². The van der Waals surface area contributed by atoms with Crippen molar-refractivity contribution < 1.29 is 4.74 Å². The number of anilines is 2. The predicted molar refractivity (Wildman–Crippen MR) is 175 cm³/mol. The van der Waals surface area contributed by atoms with E-state index in [1.165, 1.54) is 69.3 Å². The highest BCUT2D eigenvalue weighted by Gasteiger charge is 2.43. The minimum Gasteiger partial charge on any atom is -0.493 e. The van der Waals surface area contributed by atoms with Gasteiger partial charge < -0.3 is 20.3 Å². The number of fused-ring (bicyclic) bond motifs is 3. The van der Waals surface area contributed by atoms with Gasteiger partial charge in [-0.15, -0.1) is 0 Å². The van der Waals surface area contributed by atoms with Crippen LogP contribution in [0.15, 0.2) is 60.4 Å². The maximum absolute atomic E-state index is 6.30. The highest BCUT2D eigenvalue weighted by Crippen LogP contribution is 2.34. The Bertz CT molecular complexity index is 1380. The van der Waals surface area contributed by atoms with Crippen molar-refractivity contribution in [2.45, 2.75) is 96.7 Å². The maximum Gasteiger partial charge on any atom is 0.121 e. The number of allylic oxidation sites excluding steroid dienone is 1. The molecule has 0 spiro atoms. The average Bonchev–Trinajstić information content (AvgIpc) is 3.59. The number of pyridine rings is 1. The molecule has 6 heteroatoms. The van der Waals surface area contributed by atoms with Crippen LogP contribution < -0.4 is 15.4 Å². The number of likely N-dealkylation sites (tertiary alicyclic amines) is 2. The molecule has 6 nitrogen and oxygen atoms in total. The van der Waals surface area contributed by atoms with Crippen LogP contribution in [0, 0.1) is 13.8 Å². The fourth-order valence-corrected chi connectivity index (χ4v) is 7.24. The van der Waals surface area contributed by atoms with Crippen LogP contribution in [0.4, 0.5) is 11.4 Å². The van der Waals surface area contributed by atoms with Crippen molar-refractivity contribution in [3.05, 3.63) is 71.7 Å². The van der Waals surface area contributed by atoms with Gasteiger partial charge in [-0.2, -0.15) is 0 Å². The molecule has 3 aliphatic rings. The van der Waals surface area contributed by atoms with Crippen LogP contribution in [0.2, 0.25) is 0 Å². The quantitative estimate of drug-likeness (QED) is 0.219. The predicted octanol–water partition coefficient (Wildman–Crippen LogP) is 7.69. The van der Waals surface area contributed by atoms with Crippen LogP contribution in [-0.4, -0.2) is 59.2 Å². The summed E-state index contributed by atoms with van der Waals surface area (Å²) in [4.78, 5) is 10.1. The zero-order chi connectivity index (χ0) is 28.9. The molecule has 3 aromatic rings. The second kappa shape index (κ2) is 13.4. The van der Waals surface area contributed by atoms with Gasteiger partial charge in [-0.25, -0.2) is 0 Å². The van der Waals surface area contributed by atoms with Crippen molar-refractivity contribution in [3.63, 3.8) is 0 Å². The molecular formula is C36H49N5O. The molecule has 2 N–H and O–H groups in total. The van der Waals surface area contributed by atoms with Gasteiger partial charge in [0, 0.05) is 66.3 Å². The molecule has 2 atom stereocenters. The summed E-state index contributed by atoms with van der Waals surface area (Å²) in [7, 11) is 0. The number of para-hydroxylation sites is 1. The van der Waals surface area contributed by atoms with E-state index >= 15 is 0 Å². The first kappa shape index (κ1) is 28.9. The number of ether oxygens (including phenoxy) is 1. The minimum atomic E-state index is 0.647. The third kappa shape index (κ3) is 6.86. The summed E-state index contributed by atoms with van der Waals surface area (Å²) < 4.78 is 6.30. The van der Waals surface area contributed by atoms with Gasteiger partial charge in [-0.3, -0.25) is 9.88 Å². The first-order chi connectivity index (χ1) is 20.6. The fourth-order valence-electron chi connectivity index (χ4n) is 7.24. The van der Waals surface area contributed by atoms with E-state index in [0.29, 0.717) is 18.1 Å². The maximum atomic E-state index is 6.30. The summed E-state index contributed by atoms with van der Waals surface area (Å²) in [6, 6.07) is 18.8. The molecule has 42 heavy (non-hydrogen) atoms. The Morgan fingerprint density at radius 2 is 1.88 bits per heavy atom. The van der Waals surface area contributed by atoms with E-state index in [1.54, 1.807) is 0 Å². The molecule has 0 amide bonds. The minimum absolute atomic E-state index is 0.647. The van der Waals surface area contributed by atoms with E-state index in [0.717, 1.165) is 59.8 Å². The van der Waals surface area contributed by atoms with Crippen molar-refractivity contribution in [1.29, 1.82) is 0 Å². The molecule has 1 aromatic heterocycles. The number of aromatic nitrogens is 1. The molecule has 1 saturated carbocycles. The van der Waals surface area contributed by atoms with Crippen LogP contribution in [0.5, 0.6) is 5.75 Å². The lowest BCUT2D eigenvalue weighted by atomic mass is 9.95. The topological polar surface area (TPSA) is 52.7 Å². The summed E-state index contributed by atoms with van der Waals surface area (Å²) in [5, 5.41) is 8.74. The fraction of sp³-hybridized carbons (Fsp3) is 0.528. The monoisotopic (exact) mass is 567 g/mol. The lowest BCUT2D eigenvalue weighted by Crippen LogP contribution is -2.49. The van der Waals surface area contributed by atoms with Gasteiger partial charge in [-0.05, 0) is 81.9 Å². The van der Waals surface area contributed by atoms with Crippen LogP contribution in [0.25, 0.3) is 10.9 Å². The highest BCUT2D eigenvalue weighted by molar-refractivity contribution is 5.93. The van der Waals surface area contributed by atoms with Crippen molar-refractivity contribution in [1.82, 2.24) is 20.1 Å². The molecular weight excluding hydrogens is 518 g/mol. The number of rotatable bonds is 12. The van der Waals surface area contributed by atoms with Crippen LogP contribution in [-0.2, 0) is 0 Å². The normalized spacial score (nSPS) is 21.3. The Balaban J connectivity index is 1.00. The largest absolute Gasteiger partial charge is 0.493 e. The van der Waals surface area contributed by atoms with E-state index in [1.807, 2.05) is 13.0 Å². The zero-order valence-corrected chi connectivity index (χ0v) is 25.9. The number of hydrogen-bond donors (Lipinski definition) is 2. The SMILES string of the molecule is CCC/C=C(\NC1CCCCC1)N1CC2CC1CN2CCCOc1cc(C)cc(Nc2cc(C)nc3ccccc23)c1. The lowest BCUT2D eigenvalue weighted by molar-refractivity contribution is 0.136. The molecule has 224 valence electrons. The molecule has 2 aliphatic heterocycles. The van der Waals surface area contributed by atoms with E-state index in [2.05, 4.69) is 87.8 Å². The Kier molecular flexibility index (Phi) is 9.18. The number of benzene rings is 2. The summed E-state index contributed by atoms with van der Waals surface area (Å²) >= 11 is 0. The molecule has 3 fully saturated rings. The zero-order valence-electron chi connectivity index (χ0n) is 25.9. The summed E-state index contributed by atoms with van der Waals surface area (Å²) in [5.41, 5.74) is 5.33. The van der Waals surface area contributed by atoms with Crippen LogP contribution >= 0.6 is 0 Å². The molecule has 2 saturated heterocycles. The van der Waals surface area contributed by atoms with Gasteiger partial charge >= 0.3 is 0 Å². The number of hydrogen-bond acceptors (Lipinski definition) is 6. The first-order valence-corrected chi connectivity index (χ1v) is 16.4. The third-order valence-electron chi connectivity index (χ3n) is 9.28. The van der Waals surface area contributed by atoms with Gasteiger partial charge in [0.2, 0.25) is 0 Å². The molecule has 1 aliphatic carbocycles. The standard InChI is InChI=1S/C36H49N5O/c1-4-5-16-36(39-28-12-7-6-8-13-28)41-25-30-23-31(41)24-40(30)17-11-18-42-32-20-26(2)19-29(22-32)38-35-21-27(3)37-34-15-10-9-14-33(34)35/h9-10,14-16,19-22,28,30-31,39H,4-8,11-13,17-18,23-25H2,1-3H3,(H,37,38)/b36-16+.